The summed E-state index contributed by atoms with van der Waals surface area (Å²) in [5, 5.41) is 3.60. The van der Waals surface area contributed by atoms with Crippen molar-refractivity contribution in [1.29, 1.82) is 0 Å². The van der Waals surface area contributed by atoms with Gasteiger partial charge in [0.2, 0.25) is 0 Å². The Kier molecular flexibility index (Phi) is 5.88. The normalized spacial score (nSPS) is 24.9. The fourth-order valence-corrected chi connectivity index (χ4v) is 3.16. The molecule has 0 radical (unpaired) electrons. The van der Waals surface area contributed by atoms with Gasteiger partial charge in [-0.2, -0.15) is 11.8 Å². The Labute approximate surface area is 87.1 Å². The van der Waals surface area contributed by atoms with Crippen LogP contribution in [0.2, 0.25) is 0 Å². The van der Waals surface area contributed by atoms with E-state index < -0.39 is 0 Å². The third kappa shape index (κ3) is 4.92. The number of hydrogen-bond donors (Lipinski definition) is 1. The van der Waals surface area contributed by atoms with Gasteiger partial charge >= 0.3 is 0 Å². The summed E-state index contributed by atoms with van der Waals surface area (Å²) in [5.41, 5.74) is 0. The van der Waals surface area contributed by atoms with Crippen molar-refractivity contribution in [3.8, 4) is 0 Å². The van der Waals surface area contributed by atoms with Crippen LogP contribution < -0.4 is 5.32 Å². The Morgan fingerprint density at radius 1 is 1.54 bits per heavy atom. The summed E-state index contributed by atoms with van der Waals surface area (Å²) in [6.07, 6.45) is 4.12. The average Bonchev–Trinajstić information content (AvgIpc) is 2.57. The molecular weight excluding hydrogens is 178 g/mol. The summed E-state index contributed by atoms with van der Waals surface area (Å²) < 4.78 is 0. The van der Waals surface area contributed by atoms with E-state index in [4.69, 9.17) is 0 Å². The van der Waals surface area contributed by atoms with E-state index in [9.17, 15) is 0 Å². The van der Waals surface area contributed by atoms with E-state index >= 15 is 0 Å². The van der Waals surface area contributed by atoms with E-state index in [0.29, 0.717) is 0 Å². The Balaban J connectivity index is 1.93. The fraction of sp³-hybridized carbons (Fsp3) is 1.00. The number of nitrogens with one attached hydrogen (secondary N) is 1. The van der Waals surface area contributed by atoms with Crippen LogP contribution in [0.4, 0.5) is 0 Å². The highest BCUT2D eigenvalue weighted by atomic mass is 32.2. The maximum Gasteiger partial charge on any atom is -0.00122 e. The van der Waals surface area contributed by atoms with Crippen molar-refractivity contribution in [3.63, 3.8) is 0 Å². The van der Waals surface area contributed by atoms with Crippen molar-refractivity contribution in [2.45, 2.75) is 33.1 Å². The molecule has 1 aliphatic rings. The molecule has 1 N–H and O–H groups in total. The molecule has 0 spiro atoms. The van der Waals surface area contributed by atoms with Crippen LogP contribution in [0, 0.1) is 11.8 Å². The fourth-order valence-electron chi connectivity index (χ4n) is 1.87. The zero-order valence-electron chi connectivity index (χ0n) is 9.01. The van der Waals surface area contributed by atoms with Crippen LogP contribution in [0.25, 0.3) is 0 Å². The molecule has 78 valence electrons. The van der Waals surface area contributed by atoms with E-state index in [1.165, 1.54) is 43.9 Å². The number of thioether (sulfide) groups is 1. The summed E-state index contributed by atoms with van der Waals surface area (Å²) in [4.78, 5) is 0. The van der Waals surface area contributed by atoms with Gasteiger partial charge in [0.25, 0.3) is 0 Å². The first-order valence-corrected chi connectivity index (χ1v) is 6.76. The second-order valence-corrected chi connectivity index (χ2v) is 5.43. The number of hydrogen-bond acceptors (Lipinski definition) is 2. The average molecular weight is 201 g/mol. The lowest BCUT2D eigenvalue weighted by Crippen LogP contribution is -2.27. The molecule has 1 aliphatic heterocycles. The van der Waals surface area contributed by atoms with Gasteiger partial charge in [-0.15, -0.1) is 0 Å². The monoisotopic (exact) mass is 201 g/mol. The molecule has 2 atom stereocenters. The molecular formula is C11H23NS. The van der Waals surface area contributed by atoms with Gasteiger partial charge in [0.15, 0.2) is 0 Å². The van der Waals surface area contributed by atoms with Crippen molar-refractivity contribution >= 4 is 11.8 Å². The maximum atomic E-state index is 3.60. The van der Waals surface area contributed by atoms with Crippen LogP contribution in [-0.4, -0.2) is 24.6 Å². The zero-order valence-corrected chi connectivity index (χ0v) is 9.83. The zero-order chi connectivity index (χ0) is 9.52. The van der Waals surface area contributed by atoms with Crippen LogP contribution in [0.5, 0.6) is 0 Å². The van der Waals surface area contributed by atoms with Gasteiger partial charge in [0.1, 0.15) is 0 Å². The third-order valence-electron chi connectivity index (χ3n) is 2.73. The smallest absolute Gasteiger partial charge is 0.00122 e. The molecule has 0 amide bonds. The summed E-state index contributed by atoms with van der Waals surface area (Å²) in [6.45, 7) is 7.08. The molecule has 1 nitrogen and oxygen atoms in total. The van der Waals surface area contributed by atoms with Crippen molar-refractivity contribution in [2.24, 2.45) is 11.8 Å². The van der Waals surface area contributed by atoms with Gasteiger partial charge < -0.3 is 5.32 Å². The maximum absolute atomic E-state index is 3.60. The SMILES string of the molecule is CCCC(C)CNCC1CCSC1. The Morgan fingerprint density at radius 3 is 3.00 bits per heavy atom. The minimum atomic E-state index is 0.860. The molecule has 0 aromatic carbocycles. The molecule has 0 saturated carbocycles. The molecule has 2 heteroatoms. The highest BCUT2D eigenvalue weighted by Crippen LogP contribution is 2.22. The molecule has 0 aromatic rings. The molecule has 2 unspecified atom stereocenters. The van der Waals surface area contributed by atoms with E-state index in [1.807, 2.05) is 0 Å². The van der Waals surface area contributed by atoms with Gasteiger partial charge in [-0.25, -0.2) is 0 Å². The van der Waals surface area contributed by atoms with Crippen molar-refractivity contribution in [3.05, 3.63) is 0 Å². The minimum Gasteiger partial charge on any atom is -0.316 e. The third-order valence-corrected chi connectivity index (χ3v) is 3.96. The summed E-state index contributed by atoms with van der Waals surface area (Å²) in [5.74, 6) is 4.59. The van der Waals surface area contributed by atoms with Gasteiger partial charge in [0.05, 0.1) is 0 Å². The van der Waals surface area contributed by atoms with E-state index in [2.05, 4.69) is 30.9 Å². The summed E-state index contributed by atoms with van der Waals surface area (Å²) in [7, 11) is 0. The van der Waals surface area contributed by atoms with Gasteiger partial charge in [0, 0.05) is 0 Å². The molecule has 13 heavy (non-hydrogen) atoms. The van der Waals surface area contributed by atoms with Gasteiger partial charge in [-0.1, -0.05) is 20.3 Å². The predicted octanol–water partition coefficient (Wildman–Crippen LogP) is 2.77. The molecule has 1 rings (SSSR count). The Morgan fingerprint density at radius 2 is 2.38 bits per heavy atom. The summed E-state index contributed by atoms with van der Waals surface area (Å²) >= 11 is 2.11. The first-order valence-electron chi connectivity index (χ1n) is 5.61. The van der Waals surface area contributed by atoms with Crippen LogP contribution in [0.3, 0.4) is 0 Å². The van der Waals surface area contributed by atoms with Crippen molar-refractivity contribution in [1.82, 2.24) is 5.32 Å². The largest absolute Gasteiger partial charge is 0.316 e. The van der Waals surface area contributed by atoms with Gasteiger partial charge in [-0.05, 0) is 49.3 Å². The van der Waals surface area contributed by atoms with E-state index in [0.717, 1.165) is 11.8 Å². The highest BCUT2D eigenvalue weighted by Gasteiger charge is 2.14. The lowest BCUT2D eigenvalue weighted by molar-refractivity contribution is 0.442. The second-order valence-electron chi connectivity index (χ2n) is 4.28. The topological polar surface area (TPSA) is 12.0 Å². The quantitative estimate of drug-likeness (QED) is 0.709. The lowest BCUT2D eigenvalue weighted by atomic mass is 10.1. The van der Waals surface area contributed by atoms with E-state index in [1.54, 1.807) is 0 Å². The summed E-state index contributed by atoms with van der Waals surface area (Å²) in [6, 6.07) is 0. The molecule has 0 aliphatic carbocycles. The van der Waals surface area contributed by atoms with Crippen LogP contribution in [-0.2, 0) is 0 Å². The van der Waals surface area contributed by atoms with Crippen molar-refractivity contribution < 1.29 is 0 Å². The van der Waals surface area contributed by atoms with E-state index in [-0.39, 0.29) is 0 Å². The predicted molar refractivity (Wildman–Crippen MR) is 62.4 cm³/mol. The highest BCUT2D eigenvalue weighted by molar-refractivity contribution is 7.99. The minimum absolute atomic E-state index is 0.860. The number of rotatable bonds is 6. The van der Waals surface area contributed by atoms with Crippen LogP contribution in [0.15, 0.2) is 0 Å². The van der Waals surface area contributed by atoms with Crippen LogP contribution >= 0.6 is 11.8 Å². The Bertz CT molecular complexity index is 121. The molecule has 1 fully saturated rings. The first kappa shape index (κ1) is 11.4. The second kappa shape index (κ2) is 6.72. The molecule has 0 aromatic heterocycles. The standard InChI is InChI=1S/C11H23NS/c1-3-4-10(2)7-12-8-11-5-6-13-9-11/h10-12H,3-9H2,1-2H3. The Hall–Kier alpha value is 0.310. The lowest BCUT2D eigenvalue weighted by Gasteiger charge is -2.13. The van der Waals surface area contributed by atoms with Crippen LogP contribution in [0.1, 0.15) is 33.1 Å². The first-order chi connectivity index (χ1) is 6.33. The molecule has 1 heterocycles. The molecule has 0 bridgehead atoms. The molecule has 1 saturated heterocycles. The van der Waals surface area contributed by atoms with Gasteiger partial charge in [-0.3, -0.25) is 0 Å². The van der Waals surface area contributed by atoms with Crippen molar-refractivity contribution in [2.75, 3.05) is 24.6 Å².